The van der Waals surface area contributed by atoms with Crippen molar-refractivity contribution in [1.29, 1.82) is 0 Å². The van der Waals surface area contributed by atoms with Crippen molar-refractivity contribution < 1.29 is 9.53 Å². The summed E-state index contributed by atoms with van der Waals surface area (Å²) in [5.74, 6) is 1.59. The molecule has 1 N–H and O–H groups in total. The van der Waals surface area contributed by atoms with Gasteiger partial charge in [-0.15, -0.1) is 10.2 Å². The molecule has 1 aromatic carbocycles. The quantitative estimate of drug-likeness (QED) is 0.734. The van der Waals surface area contributed by atoms with Crippen molar-refractivity contribution >= 4 is 29.3 Å². The van der Waals surface area contributed by atoms with Gasteiger partial charge in [-0.3, -0.25) is 9.36 Å². The van der Waals surface area contributed by atoms with Crippen molar-refractivity contribution in [3.63, 3.8) is 0 Å². The number of carbonyl (C=O) groups excluding carboxylic acids is 1. The Hall–Kier alpha value is -2.06. The van der Waals surface area contributed by atoms with E-state index in [0.29, 0.717) is 24.9 Å². The number of hydrogen-bond donors (Lipinski definition) is 1. The molecule has 3 rings (SSSR count). The van der Waals surface area contributed by atoms with Crippen molar-refractivity contribution in [2.24, 2.45) is 5.92 Å². The van der Waals surface area contributed by atoms with Crippen molar-refractivity contribution in [3.8, 4) is 0 Å². The molecular formula is C19H27N5O2S. The molecule has 1 fully saturated rings. The van der Waals surface area contributed by atoms with E-state index >= 15 is 0 Å². The zero-order valence-corrected chi connectivity index (χ0v) is 17.0. The van der Waals surface area contributed by atoms with Gasteiger partial charge in [0.2, 0.25) is 11.9 Å². The van der Waals surface area contributed by atoms with Crippen molar-refractivity contribution in [2.75, 3.05) is 42.3 Å². The van der Waals surface area contributed by atoms with Crippen LogP contribution in [0.15, 0.2) is 29.4 Å². The minimum Gasteiger partial charge on any atom is -0.378 e. The Kier molecular flexibility index (Phi) is 6.73. The third-order valence-corrected chi connectivity index (χ3v) is 5.26. The molecule has 1 aliphatic rings. The predicted octanol–water partition coefficient (Wildman–Crippen LogP) is 2.81. The van der Waals surface area contributed by atoms with Gasteiger partial charge in [0.15, 0.2) is 5.16 Å². The third kappa shape index (κ3) is 5.23. The van der Waals surface area contributed by atoms with E-state index in [9.17, 15) is 4.79 Å². The molecule has 0 aliphatic carbocycles. The minimum absolute atomic E-state index is 0.0404. The van der Waals surface area contributed by atoms with Crippen LogP contribution in [0.3, 0.4) is 0 Å². The Balaban J connectivity index is 1.67. The molecule has 2 heterocycles. The highest BCUT2D eigenvalue weighted by molar-refractivity contribution is 7.99. The zero-order valence-electron chi connectivity index (χ0n) is 16.1. The number of nitrogens with one attached hydrogen (secondary N) is 1. The first-order valence-corrected chi connectivity index (χ1v) is 10.3. The number of aryl methyl sites for hydroxylation is 1. The van der Waals surface area contributed by atoms with E-state index in [1.807, 2.05) is 31.2 Å². The molecule has 8 heteroatoms. The SMILES string of the molecule is Cc1ccccc1NC(=O)CSc1nnc(N2CCOCC2)n1CC(C)C. The molecule has 0 spiro atoms. The fourth-order valence-corrected chi connectivity index (χ4v) is 3.68. The lowest BCUT2D eigenvalue weighted by Crippen LogP contribution is -2.38. The minimum atomic E-state index is -0.0404. The van der Waals surface area contributed by atoms with E-state index in [-0.39, 0.29) is 5.91 Å². The lowest BCUT2D eigenvalue weighted by molar-refractivity contribution is -0.113. The van der Waals surface area contributed by atoms with Gasteiger partial charge in [-0.25, -0.2) is 0 Å². The topological polar surface area (TPSA) is 72.3 Å². The number of rotatable bonds is 7. The van der Waals surface area contributed by atoms with Crippen LogP contribution in [0, 0.1) is 12.8 Å². The molecule has 0 radical (unpaired) electrons. The van der Waals surface area contributed by atoms with Crippen LogP contribution in [-0.2, 0) is 16.1 Å². The summed E-state index contributed by atoms with van der Waals surface area (Å²) < 4.78 is 7.56. The number of benzene rings is 1. The van der Waals surface area contributed by atoms with Crippen molar-refractivity contribution in [2.45, 2.75) is 32.5 Å². The van der Waals surface area contributed by atoms with Crippen LogP contribution < -0.4 is 10.2 Å². The van der Waals surface area contributed by atoms with E-state index in [2.05, 4.69) is 38.8 Å². The Morgan fingerprint density at radius 2 is 2.00 bits per heavy atom. The van der Waals surface area contributed by atoms with Gasteiger partial charge in [0.25, 0.3) is 0 Å². The summed E-state index contributed by atoms with van der Waals surface area (Å²) in [4.78, 5) is 14.6. The van der Waals surface area contributed by atoms with E-state index in [0.717, 1.165) is 42.0 Å². The highest BCUT2D eigenvalue weighted by atomic mass is 32.2. The number of amides is 1. The molecular weight excluding hydrogens is 362 g/mol. The van der Waals surface area contributed by atoms with Crippen LogP contribution in [-0.4, -0.2) is 52.7 Å². The second-order valence-corrected chi connectivity index (χ2v) is 7.98. The third-order valence-electron chi connectivity index (χ3n) is 4.29. The van der Waals surface area contributed by atoms with Crippen LogP contribution in [0.4, 0.5) is 11.6 Å². The first kappa shape index (κ1) is 19.7. The van der Waals surface area contributed by atoms with Gasteiger partial charge in [-0.2, -0.15) is 0 Å². The number of hydrogen-bond acceptors (Lipinski definition) is 6. The van der Waals surface area contributed by atoms with E-state index in [1.165, 1.54) is 11.8 Å². The highest BCUT2D eigenvalue weighted by Crippen LogP contribution is 2.24. The van der Waals surface area contributed by atoms with Gasteiger partial charge in [0, 0.05) is 25.3 Å². The van der Waals surface area contributed by atoms with Gasteiger partial charge >= 0.3 is 0 Å². The van der Waals surface area contributed by atoms with Crippen LogP contribution in [0.25, 0.3) is 0 Å². The average molecular weight is 390 g/mol. The van der Waals surface area contributed by atoms with Gasteiger partial charge in [-0.05, 0) is 24.5 Å². The smallest absolute Gasteiger partial charge is 0.234 e. The number of thioether (sulfide) groups is 1. The van der Waals surface area contributed by atoms with Crippen LogP contribution in [0.1, 0.15) is 19.4 Å². The second-order valence-electron chi connectivity index (χ2n) is 7.04. The molecule has 2 aromatic rings. The van der Waals surface area contributed by atoms with Crippen LogP contribution in [0.2, 0.25) is 0 Å². The summed E-state index contributed by atoms with van der Waals surface area (Å²) in [7, 11) is 0. The molecule has 1 amide bonds. The number of para-hydroxylation sites is 1. The van der Waals surface area contributed by atoms with Gasteiger partial charge in [0.05, 0.1) is 19.0 Å². The van der Waals surface area contributed by atoms with E-state index in [1.54, 1.807) is 0 Å². The number of nitrogens with zero attached hydrogens (tertiary/aromatic N) is 4. The van der Waals surface area contributed by atoms with E-state index in [4.69, 9.17) is 4.74 Å². The number of carbonyl (C=O) groups is 1. The Bertz CT molecular complexity index is 771. The Morgan fingerprint density at radius 3 is 2.70 bits per heavy atom. The lowest BCUT2D eigenvalue weighted by Gasteiger charge is -2.28. The zero-order chi connectivity index (χ0) is 19.2. The molecule has 1 aliphatic heterocycles. The monoisotopic (exact) mass is 389 g/mol. The van der Waals surface area contributed by atoms with Crippen LogP contribution in [0.5, 0.6) is 0 Å². The molecule has 27 heavy (non-hydrogen) atoms. The van der Waals surface area contributed by atoms with Crippen molar-refractivity contribution in [3.05, 3.63) is 29.8 Å². The molecule has 0 saturated carbocycles. The highest BCUT2D eigenvalue weighted by Gasteiger charge is 2.21. The average Bonchev–Trinajstić information content (AvgIpc) is 3.04. The fraction of sp³-hybridized carbons (Fsp3) is 0.526. The summed E-state index contributed by atoms with van der Waals surface area (Å²) in [6.45, 7) is 10.2. The first-order chi connectivity index (χ1) is 13.0. The molecule has 7 nitrogen and oxygen atoms in total. The van der Waals surface area contributed by atoms with E-state index < -0.39 is 0 Å². The fourth-order valence-electron chi connectivity index (χ4n) is 2.94. The number of aromatic nitrogens is 3. The Labute approximate surface area is 164 Å². The maximum Gasteiger partial charge on any atom is 0.234 e. The number of morpholine rings is 1. The molecule has 0 bridgehead atoms. The normalized spacial score (nSPS) is 14.6. The van der Waals surface area contributed by atoms with Crippen LogP contribution >= 0.6 is 11.8 Å². The molecule has 1 aromatic heterocycles. The van der Waals surface area contributed by atoms with Crippen molar-refractivity contribution in [1.82, 2.24) is 14.8 Å². The molecule has 146 valence electrons. The van der Waals surface area contributed by atoms with Gasteiger partial charge in [-0.1, -0.05) is 43.8 Å². The summed E-state index contributed by atoms with van der Waals surface area (Å²) in [6.07, 6.45) is 0. The summed E-state index contributed by atoms with van der Waals surface area (Å²) >= 11 is 1.43. The summed E-state index contributed by atoms with van der Waals surface area (Å²) in [5.41, 5.74) is 1.90. The summed E-state index contributed by atoms with van der Waals surface area (Å²) in [6, 6.07) is 7.78. The first-order valence-electron chi connectivity index (χ1n) is 9.28. The Morgan fingerprint density at radius 1 is 1.26 bits per heavy atom. The molecule has 0 atom stereocenters. The number of ether oxygens (including phenoxy) is 1. The van der Waals surface area contributed by atoms with Gasteiger partial charge < -0.3 is 15.0 Å². The maximum atomic E-state index is 12.4. The number of anilines is 2. The standard InChI is InChI=1S/C19H27N5O2S/c1-14(2)12-24-18(23-8-10-26-11-9-23)21-22-19(24)27-13-17(25)20-16-7-5-4-6-15(16)3/h4-7,14H,8-13H2,1-3H3,(H,20,25). The molecule has 0 unspecified atom stereocenters. The predicted molar refractivity (Wildman–Crippen MR) is 108 cm³/mol. The second kappa shape index (κ2) is 9.23. The lowest BCUT2D eigenvalue weighted by atomic mass is 10.2. The largest absolute Gasteiger partial charge is 0.378 e. The maximum absolute atomic E-state index is 12.4. The summed E-state index contributed by atoms with van der Waals surface area (Å²) in [5, 5.41) is 12.5. The molecule has 1 saturated heterocycles. The van der Waals surface area contributed by atoms with Gasteiger partial charge in [0.1, 0.15) is 0 Å².